The van der Waals surface area contributed by atoms with Gasteiger partial charge in [0.1, 0.15) is 6.10 Å². The monoisotopic (exact) mass is 293 g/mol. The van der Waals surface area contributed by atoms with Gasteiger partial charge in [-0.2, -0.15) is 0 Å². The molecule has 120 valence electrons. The van der Waals surface area contributed by atoms with E-state index < -0.39 is 0 Å². The normalized spacial score (nSPS) is 44.8. The first-order valence-corrected chi connectivity index (χ1v) is 8.80. The highest BCUT2D eigenvalue weighted by Crippen LogP contribution is 2.66. The number of fused-ring (bicyclic) bond motifs is 2. The molecule has 3 fully saturated rings. The zero-order valence-electron chi connectivity index (χ0n) is 13.9. The van der Waals surface area contributed by atoms with Crippen LogP contribution in [0.25, 0.3) is 0 Å². The van der Waals surface area contributed by atoms with E-state index in [9.17, 15) is 4.79 Å². The lowest BCUT2D eigenvalue weighted by Crippen LogP contribution is -2.41. The highest BCUT2D eigenvalue weighted by molar-refractivity contribution is 5.73. The Balaban J connectivity index is 1.69. The van der Waals surface area contributed by atoms with Gasteiger partial charge in [0, 0.05) is 5.41 Å². The molecule has 0 aromatic rings. The van der Waals surface area contributed by atoms with Crippen LogP contribution in [-0.4, -0.2) is 18.6 Å². The van der Waals surface area contributed by atoms with E-state index in [4.69, 9.17) is 10.5 Å². The number of ether oxygens (including phenoxy) is 1. The Morgan fingerprint density at radius 2 is 1.90 bits per heavy atom. The van der Waals surface area contributed by atoms with E-state index in [1.165, 1.54) is 19.3 Å². The smallest absolute Gasteiger partial charge is 0.309 e. The maximum absolute atomic E-state index is 12.7. The summed E-state index contributed by atoms with van der Waals surface area (Å²) >= 11 is 0. The summed E-state index contributed by atoms with van der Waals surface area (Å²) in [6.07, 6.45) is 8.10. The fourth-order valence-corrected chi connectivity index (χ4v) is 5.34. The highest BCUT2D eigenvalue weighted by Gasteiger charge is 2.63. The summed E-state index contributed by atoms with van der Waals surface area (Å²) in [5.74, 6) is 1.15. The standard InChI is InChI=1S/C18H31NO2/c1-17(2)13-8-9-18(17,3)15(10-13)21-16(20)14-7-5-4-6-12(14)11-19/h12-15H,4-11,19H2,1-3H3. The third kappa shape index (κ3) is 2.23. The third-order valence-electron chi connectivity index (χ3n) is 7.49. The zero-order valence-corrected chi connectivity index (χ0v) is 13.9. The molecule has 3 nitrogen and oxygen atoms in total. The number of nitrogens with two attached hydrogens (primary N) is 1. The van der Waals surface area contributed by atoms with E-state index >= 15 is 0 Å². The molecule has 3 heteroatoms. The SMILES string of the molecule is CC1(C)C2CCC1(C)C(OC(=O)C1CCCCC1CN)C2. The summed E-state index contributed by atoms with van der Waals surface area (Å²) < 4.78 is 6.06. The summed E-state index contributed by atoms with van der Waals surface area (Å²) in [5, 5.41) is 0. The topological polar surface area (TPSA) is 52.3 Å². The summed E-state index contributed by atoms with van der Waals surface area (Å²) in [7, 11) is 0. The molecule has 0 amide bonds. The van der Waals surface area contributed by atoms with Crippen LogP contribution in [0.4, 0.5) is 0 Å². The van der Waals surface area contributed by atoms with Gasteiger partial charge in [-0.15, -0.1) is 0 Å². The molecule has 0 aliphatic heterocycles. The van der Waals surface area contributed by atoms with Crippen LogP contribution in [0.5, 0.6) is 0 Å². The largest absolute Gasteiger partial charge is 0.462 e. The molecule has 3 aliphatic rings. The average molecular weight is 293 g/mol. The quantitative estimate of drug-likeness (QED) is 0.810. The van der Waals surface area contributed by atoms with Gasteiger partial charge in [0.2, 0.25) is 0 Å². The minimum Gasteiger partial charge on any atom is -0.462 e. The van der Waals surface area contributed by atoms with E-state index in [1.54, 1.807) is 0 Å². The third-order valence-corrected chi connectivity index (χ3v) is 7.49. The van der Waals surface area contributed by atoms with Crippen LogP contribution >= 0.6 is 0 Å². The first-order chi connectivity index (χ1) is 9.90. The molecule has 0 aromatic heterocycles. The van der Waals surface area contributed by atoms with Gasteiger partial charge in [-0.25, -0.2) is 0 Å². The molecule has 3 rings (SSSR count). The lowest BCUT2D eigenvalue weighted by molar-refractivity contribution is -0.165. The maximum atomic E-state index is 12.7. The van der Waals surface area contributed by atoms with Gasteiger partial charge in [-0.05, 0) is 55.9 Å². The van der Waals surface area contributed by atoms with Crippen LogP contribution in [0, 0.1) is 28.6 Å². The fraction of sp³-hybridized carbons (Fsp3) is 0.944. The highest BCUT2D eigenvalue weighted by atomic mass is 16.5. The lowest BCUT2D eigenvalue weighted by Gasteiger charge is -2.39. The van der Waals surface area contributed by atoms with Crippen molar-refractivity contribution in [1.29, 1.82) is 0 Å². The minimum atomic E-state index is 0.0414. The number of carbonyl (C=O) groups excluding carboxylic acids is 1. The molecule has 2 N–H and O–H groups in total. The number of esters is 1. The summed E-state index contributed by atoms with van der Waals surface area (Å²) in [6, 6.07) is 0. The molecule has 2 bridgehead atoms. The molecular weight excluding hydrogens is 262 g/mol. The molecule has 0 heterocycles. The van der Waals surface area contributed by atoms with Crippen LogP contribution in [0.15, 0.2) is 0 Å². The summed E-state index contributed by atoms with van der Waals surface area (Å²) in [4.78, 5) is 12.7. The molecule has 0 spiro atoms. The maximum Gasteiger partial charge on any atom is 0.309 e. The number of carbonyl (C=O) groups is 1. The first-order valence-electron chi connectivity index (χ1n) is 8.80. The van der Waals surface area contributed by atoms with Gasteiger partial charge < -0.3 is 10.5 Å². The van der Waals surface area contributed by atoms with Crippen LogP contribution in [0.3, 0.4) is 0 Å². The van der Waals surface area contributed by atoms with Crippen molar-refractivity contribution in [2.45, 2.75) is 71.8 Å². The molecule has 0 aromatic carbocycles. The van der Waals surface area contributed by atoms with Gasteiger partial charge >= 0.3 is 5.97 Å². The van der Waals surface area contributed by atoms with Crippen molar-refractivity contribution < 1.29 is 9.53 Å². The number of hydrogen-bond acceptors (Lipinski definition) is 3. The van der Waals surface area contributed by atoms with E-state index in [0.29, 0.717) is 17.9 Å². The number of hydrogen-bond donors (Lipinski definition) is 1. The van der Waals surface area contributed by atoms with Crippen molar-refractivity contribution in [2.24, 2.45) is 34.3 Å². The molecule has 21 heavy (non-hydrogen) atoms. The van der Waals surface area contributed by atoms with Crippen molar-refractivity contribution >= 4 is 5.97 Å². The second-order valence-corrected chi connectivity index (χ2v) is 8.42. The first kappa shape index (κ1) is 15.3. The Morgan fingerprint density at radius 1 is 1.19 bits per heavy atom. The molecule has 0 saturated heterocycles. The van der Waals surface area contributed by atoms with Gasteiger partial charge in [-0.1, -0.05) is 33.6 Å². The number of rotatable bonds is 3. The van der Waals surface area contributed by atoms with Crippen molar-refractivity contribution in [3.05, 3.63) is 0 Å². The molecule has 0 radical (unpaired) electrons. The fourth-order valence-electron chi connectivity index (χ4n) is 5.34. The van der Waals surface area contributed by atoms with Gasteiger partial charge in [0.25, 0.3) is 0 Å². The second-order valence-electron chi connectivity index (χ2n) is 8.42. The van der Waals surface area contributed by atoms with Crippen molar-refractivity contribution in [2.75, 3.05) is 6.54 Å². The van der Waals surface area contributed by atoms with E-state index in [1.807, 2.05) is 0 Å². The Kier molecular flexibility index (Phi) is 3.84. The van der Waals surface area contributed by atoms with E-state index in [2.05, 4.69) is 20.8 Å². The van der Waals surface area contributed by atoms with E-state index in [-0.39, 0.29) is 23.4 Å². The summed E-state index contributed by atoms with van der Waals surface area (Å²) in [5.41, 5.74) is 6.33. The van der Waals surface area contributed by atoms with Crippen molar-refractivity contribution in [1.82, 2.24) is 0 Å². The average Bonchev–Trinajstić information content (AvgIpc) is 2.80. The Bertz CT molecular complexity index is 419. The van der Waals surface area contributed by atoms with Crippen molar-refractivity contribution in [3.63, 3.8) is 0 Å². The van der Waals surface area contributed by atoms with Crippen LogP contribution in [-0.2, 0) is 9.53 Å². The van der Waals surface area contributed by atoms with Crippen LogP contribution < -0.4 is 5.73 Å². The molecule has 5 unspecified atom stereocenters. The Morgan fingerprint density at radius 3 is 2.48 bits per heavy atom. The van der Waals surface area contributed by atoms with Gasteiger partial charge in [0.15, 0.2) is 0 Å². The lowest BCUT2D eigenvalue weighted by atomic mass is 9.70. The van der Waals surface area contributed by atoms with Crippen LogP contribution in [0.1, 0.15) is 65.7 Å². The molecular formula is C18H31NO2. The predicted octanol–water partition coefficient (Wildman–Crippen LogP) is 3.51. The molecule has 5 atom stereocenters. The van der Waals surface area contributed by atoms with Gasteiger partial charge in [-0.3, -0.25) is 4.79 Å². The van der Waals surface area contributed by atoms with Gasteiger partial charge in [0.05, 0.1) is 5.92 Å². The molecule has 3 saturated carbocycles. The molecule has 3 aliphatic carbocycles. The summed E-state index contributed by atoms with van der Waals surface area (Å²) in [6.45, 7) is 7.68. The predicted molar refractivity (Wildman–Crippen MR) is 83.6 cm³/mol. The Labute approximate surface area is 129 Å². The van der Waals surface area contributed by atoms with E-state index in [0.717, 1.165) is 31.6 Å². The zero-order chi connectivity index (χ0) is 15.3. The minimum absolute atomic E-state index is 0.0414. The van der Waals surface area contributed by atoms with Crippen LogP contribution in [0.2, 0.25) is 0 Å². The second kappa shape index (κ2) is 5.26. The van der Waals surface area contributed by atoms with Crippen molar-refractivity contribution in [3.8, 4) is 0 Å². The Hall–Kier alpha value is -0.570.